The van der Waals surface area contributed by atoms with Crippen LogP contribution >= 0.6 is 0 Å². The Morgan fingerprint density at radius 2 is 2.04 bits per heavy atom. The molecule has 23 heavy (non-hydrogen) atoms. The lowest BCUT2D eigenvalue weighted by Crippen LogP contribution is -2.19. The molecule has 2 N–H and O–H groups in total. The molecule has 1 atom stereocenters. The van der Waals surface area contributed by atoms with E-state index in [0.717, 1.165) is 34.6 Å². The maximum Gasteiger partial charge on any atom is 0.181 e. The number of imidazole rings is 1. The second-order valence-electron chi connectivity index (χ2n) is 5.69. The third-order valence-corrected chi connectivity index (χ3v) is 3.60. The van der Waals surface area contributed by atoms with Crippen LogP contribution in [0.5, 0.6) is 0 Å². The molecular formula is C18H26N4O. The lowest BCUT2D eigenvalue weighted by atomic mass is 10.0. The summed E-state index contributed by atoms with van der Waals surface area (Å²) in [5.74, 6) is 2.36. The van der Waals surface area contributed by atoms with E-state index < -0.39 is 0 Å². The number of H-pyrrole nitrogens is 1. The Morgan fingerprint density at radius 3 is 2.65 bits per heavy atom. The molecule has 5 nitrogen and oxygen atoms in total. The van der Waals surface area contributed by atoms with Crippen LogP contribution in [0.3, 0.4) is 0 Å². The fraction of sp³-hybridized carbons (Fsp3) is 0.444. The first-order valence-electron chi connectivity index (χ1n) is 8.23. The van der Waals surface area contributed by atoms with Crippen molar-refractivity contribution in [3.05, 3.63) is 36.6 Å². The molecule has 0 radical (unpaired) electrons. The maximum atomic E-state index is 5.34. The van der Waals surface area contributed by atoms with Crippen LogP contribution in [0.25, 0.3) is 22.4 Å². The normalized spacial score (nSPS) is 12.3. The average molecular weight is 314 g/mol. The van der Waals surface area contributed by atoms with Gasteiger partial charge in [0.2, 0.25) is 0 Å². The number of oxazole rings is 1. The predicted molar refractivity (Wildman–Crippen MR) is 94.2 cm³/mol. The molecular weight excluding hydrogens is 288 g/mol. The molecule has 0 saturated carbocycles. The molecule has 1 aromatic carbocycles. The number of aromatic nitrogens is 3. The van der Waals surface area contributed by atoms with Gasteiger partial charge in [-0.3, -0.25) is 0 Å². The Morgan fingerprint density at radius 1 is 1.26 bits per heavy atom. The van der Waals surface area contributed by atoms with Gasteiger partial charge < -0.3 is 14.7 Å². The number of nitrogens with zero attached hydrogens (tertiary/aromatic N) is 2. The lowest BCUT2D eigenvalue weighted by Gasteiger charge is -2.15. The monoisotopic (exact) mass is 314 g/mol. The van der Waals surface area contributed by atoms with Gasteiger partial charge in [0.15, 0.2) is 12.2 Å². The molecule has 1 unspecified atom stereocenters. The number of hydrogen-bond acceptors (Lipinski definition) is 4. The summed E-state index contributed by atoms with van der Waals surface area (Å²) in [6.45, 7) is 8.43. The molecule has 124 valence electrons. The first-order chi connectivity index (χ1) is 11.2. The zero-order chi connectivity index (χ0) is 16.8. The average Bonchev–Trinajstić information content (AvgIpc) is 3.22. The van der Waals surface area contributed by atoms with Gasteiger partial charge in [-0.2, -0.15) is 0 Å². The van der Waals surface area contributed by atoms with E-state index >= 15 is 0 Å². The van der Waals surface area contributed by atoms with Crippen LogP contribution in [0.4, 0.5) is 0 Å². The number of nitrogens with one attached hydrogen (secondary N) is 2. The van der Waals surface area contributed by atoms with Gasteiger partial charge >= 0.3 is 0 Å². The minimum atomic E-state index is 0.242. The summed E-state index contributed by atoms with van der Waals surface area (Å²) in [5.41, 5.74) is 2.99. The van der Waals surface area contributed by atoms with E-state index in [-0.39, 0.29) is 6.04 Å². The molecule has 2 heterocycles. The molecule has 0 aliphatic carbocycles. The first-order valence-corrected chi connectivity index (χ1v) is 8.23. The molecule has 0 spiro atoms. The highest BCUT2D eigenvalue weighted by Gasteiger charge is 2.16. The molecule has 0 fully saturated rings. The van der Waals surface area contributed by atoms with Crippen molar-refractivity contribution in [1.29, 1.82) is 0 Å². The van der Waals surface area contributed by atoms with Gasteiger partial charge in [-0.1, -0.05) is 27.7 Å². The molecule has 2 aromatic heterocycles. The van der Waals surface area contributed by atoms with Crippen LogP contribution in [0, 0.1) is 5.92 Å². The zero-order valence-electron chi connectivity index (χ0n) is 14.6. The van der Waals surface area contributed by atoms with Crippen LogP contribution < -0.4 is 5.32 Å². The van der Waals surface area contributed by atoms with Crippen molar-refractivity contribution in [1.82, 2.24) is 20.3 Å². The highest BCUT2D eigenvalue weighted by atomic mass is 16.3. The van der Waals surface area contributed by atoms with E-state index in [1.54, 1.807) is 6.20 Å². The maximum absolute atomic E-state index is 5.34. The van der Waals surface area contributed by atoms with E-state index in [2.05, 4.69) is 35.2 Å². The Bertz CT molecular complexity index is 716. The smallest absolute Gasteiger partial charge is 0.181 e. The minimum Gasteiger partial charge on any atom is -0.444 e. The minimum absolute atomic E-state index is 0.242. The quantitative estimate of drug-likeness (QED) is 0.725. The van der Waals surface area contributed by atoms with E-state index in [1.807, 2.05) is 33.0 Å². The van der Waals surface area contributed by atoms with Crippen LogP contribution in [-0.2, 0) is 0 Å². The van der Waals surface area contributed by atoms with Crippen molar-refractivity contribution in [3.8, 4) is 11.3 Å². The van der Waals surface area contributed by atoms with Gasteiger partial charge in [0.1, 0.15) is 5.82 Å². The predicted octanol–water partition coefficient (Wildman–Crippen LogP) is 4.55. The highest BCUT2D eigenvalue weighted by Crippen LogP contribution is 2.25. The van der Waals surface area contributed by atoms with Gasteiger partial charge in [0.25, 0.3) is 0 Å². The second-order valence-corrected chi connectivity index (χ2v) is 5.69. The summed E-state index contributed by atoms with van der Waals surface area (Å²) in [5, 5.41) is 3.33. The van der Waals surface area contributed by atoms with Crippen molar-refractivity contribution >= 4 is 11.0 Å². The van der Waals surface area contributed by atoms with Gasteiger partial charge in [-0.05, 0) is 37.6 Å². The number of hydrogen-bond donors (Lipinski definition) is 2. The Hall–Kier alpha value is -2.14. The van der Waals surface area contributed by atoms with Crippen molar-refractivity contribution < 1.29 is 4.42 Å². The van der Waals surface area contributed by atoms with Crippen molar-refractivity contribution in [2.45, 2.75) is 40.2 Å². The van der Waals surface area contributed by atoms with Crippen LogP contribution in [0.15, 0.2) is 35.2 Å². The lowest BCUT2D eigenvalue weighted by molar-refractivity contribution is 0.443. The largest absolute Gasteiger partial charge is 0.444 e. The summed E-state index contributed by atoms with van der Waals surface area (Å²) in [6.07, 6.45) is 4.20. The second kappa shape index (κ2) is 7.92. The molecule has 0 aliphatic rings. The Kier molecular flexibility index (Phi) is 5.93. The Balaban J connectivity index is 0.000000924. The van der Waals surface area contributed by atoms with Crippen molar-refractivity contribution in [2.75, 3.05) is 7.05 Å². The van der Waals surface area contributed by atoms with E-state index in [1.165, 1.54) is 6.39 Å². The molecule has 0 saturated heterocycles. The van der Waals surface area contributed by atoms with Gasteiger partial charge in [-0.15, -0.1) is 0 Å². The number of aromatic amines is 1. The molecule has 0 aliphatic heterocycles. The third-order valence-electron chi connectivity index (χ3n) is 3.60. The summed E-state index contributed by atoms with van der Waals surface area (Å²) < 4.78 is 5.34. The molecule has 3 aromatic rings. The number of benzene rings is 1. The standard InChI is InChI=1S/C16H20N4O.C2H6/c1-10(2)6-14(17-3)16-19-12-5-4-11(7-13(12)20-16)15-8-18-9-21-15;1-2/h4-5,7-10,14,17H,6H2,1-3H3,(H,19,20);1-2H3. The topological polar surface area (TPSA) is 66.7 Å². The third kappa shape index (κ3) is 3.99. The fourth-order valence-electron chi connectivity index (χ4n) is 2.54. The van der Waals surface area contributed by atoms with Gasteiger partial charge in [0, 0.05) is 5.56 Å². The first kappa shape index (κ1) is 17.2. The molecule has 0 amide bonds. The number of fused-ring (bicyclic) bond motifs is 1. The van der Waals surface area contributed by atoms with Gasteiger partial charge in [0.05, 0.1) is 23.3 Å². The van der Waals surface area contributed by atoms with E-state index in [0.29, 0.717) is 5.92 Å². The number of rotatable bonds is 5. The highest BCUT2D eigenvalue weighted by molar-refractivity contribution is 5.80. The summed E-state index contributed by atoms with van der Waals surface area (Å²) >= 11 is 0. The van der Waals surface area contributed by atoms with Gasteiger partial charge in [-0.25, -0.2) is 9.97 Å². The van der Waals surface area contributed by atoms with Crippen molar-refractivity contribution in [3.63, 3.8) is 0 Å². The molecule has 0 bridgehead atoms. The van der Waals surface area contributed by atoms with E-state index in [9.17, 15) is 0 Å². The molecule has 3 rings (SSSR count). The summed E-state index contributed by atoms with van der Waals surface area (Å²) in [6, 6.07) is 6.31. The fourth-order valence-corrected chi connectivity index (χ4v) is 2.54. The Labute approximate surface area is 137 Å². The van der Waals surface area contributed by atoms with Crippen LogP contribution in [0.1, 0.15) is 46.0 Å². The van der Waals surface area contributed by atoms with Crippen LogP contribution in [0.2, 0.25) is 0 Å². The van der Waals surface area contributed by atoms with Crippen LogP contribution in [-0.4, -0.2) is 22.0 Å². The summed E-state index contributed by atoms with van der Waals surface area (Å²) in [4.78, 5) is 12.1. The molecule has 5 heteroatoms. The SMILES string of the molecule is CC.CNC(CC(C)C)c1nc2ccc(-c3cnco3)cc2[nH]1. The zero-order valence-corrected chi connectivity index (χ0v) is 14.6. The van der Waals surface area contributed by atoms with Crippen molar-refractivity contribution in [2.24, 2.45) is 5.92 Å². The summed E-state index contributed by atoms with van der Waals surface area (Å²) in [7, 11) is 1.97. The van der Waals surface area contributed by atoms with E-state index in [4.69, 9.17) is 9.40 Å².